The van der Waals surface area contributed by atoms with Crippen LogP contribution in [0.2, 0.25) is 0 Å². The third-order valence-corrected chi connectivity index (χ3v) is 12.3. The first-order valence-corrected chi connectivity index (χ1v) is 20.8. The van der Waals surface area contributed by atoms with Crippen molar-refractivity contribution < 1.29 is 33.7 Å². The number of aliphatic hydroxyl groups is 1. The van der Waals surface area contributed by atoms with Crippen molar-refractivity contribution in [2.24, 2.45) is 5.92 Å². The van der Waals surface area contributed by atoms with E-state index in [0.29, 0.717) is 6.04 Å². The Morgan fingerprint density at radius 1 is 0.810 bits per heavy atom. The third-order valence-electron chi connectivity index (χ3n) is 12.3. The van der Waals surface area contributed by atoms with Crippen molar-refractivity contribution >= 4 is 17.9 Å². The van der Waals surface area contributed by atoms with Gasteiger partial charge in [-0.25, -0.2) is 4.79 Å². The van der Waals surface area contributed by atoms with E-state index < -0.39 is 24.3 Å². The largest absolute Gasteiger partial charge is 0.445 e. The van der Waals surface area contributed by atoms with Crippen LogP contribution in [0.25, 0.3) is 11.1 Å². The normalized spacial score (nSPS) is 25.4. The molecule has 1 unspecified atom stereocenters. The Morgan fingerprint density at radius 3 is 2.29 bits per heavy atom. The molecular formula is C47H54N4O7. The number of amides is 3. The summed E-state index contributed by atoms with van der Waals surface area (Å²) in [4.78, 5) is 45.5. The number of aliphatic hydroxyl groups excluding tert-OH is 1. The molecule has 4 heterocycles. The van der Waals surface area contributed by atoms with E-state index in [1.807, 2.05) is 91.0 Å². The molecule has 0 saturated carbocycles. The van der Waals surface area contributed by atoms with Crippen LogP contribution in [0.3, 0.4) is 0 Å². The lowest BCUT2D eigenvalue weighted by Crippen LogP contribution is -2.48. The summed E-state index contributed by atoms with van der Waals surface area (Å²) in [6.07, 6.45) is 3.30. The van der Waals surface area contributed by atoms with E-state index in [0.717, 1.165) is 58.6 Å². The number of likely N-dealkylation sites (tertiary alicyclic amines) is 3. The number of nitrogens with zero attached hydrogens (tertiary/aromatic N) is 3. The highest BCUT2D eigenvalue weighted by molar-refractivity contribution is 6.06. The summed E-state index contributed by atoms with van der Waals surface area (Å²) in [5, 5.41) is 12.3. The van der Waals surface area contributed by atoms with E-state index in [9.17, 15) is 19.5 Å². The first-order valence-electron chi connectivity index (χ1n) is 20.8. The van der Waals surface area contributed by atoms with Crippen LogP contribution in [-0.2, 0) is 43.6 Å². The number of hydrogen-bond acceptors (Lipinski definition) is 9. The monoisotopic (exact) mass is 786 g/mol. The first-order chi connectivity index (χ1) is 28.3. The SMILES string of the molecule is C[C@H]1[C@@H](CN2CCC[C@H]2CN2CCCC2)O[C@@H](c2ccc(-c3ccccc3CN3C(=O)CC(NC(=O)OCc4ccccc4)C3=O)cc2)O[C@H]1c1ccc(CO)cc1. The summed E-state index contributed by atoms with van der Waals surface area (Å²) in [6.45, 7) is 7.80. The Morgan fingerprint density at radius 2 is 1.53 bits per heavy atom. The zero-order valence-corrected chi connectivity index (χ0v) is 33.2. The van der Waals surface area contributed by atoms with Crippen LogP contribution < -0.4 is 5.32 Å². The smallest absolute Gasteiger partial charge is 0.408 e. The van der Waals surface area contributed by atoms with Gasteiger partial charge in [-0.15, -0.1) is 0 Å². The van der Waals surface area contributed by atoms with E-state index in [1.54, 1.807) is 0 Å². The number of hydrogen-bond donors (Lipinski definition) is 2. The molecule has 4 aromatic rings. The number of carbonyl (C=O) groups is 3. The number of nitrogens with one attached hydrogen (secondary N) is 1. The van der Waals surface area contributed by atoms with E-state index in [1.165, 1.54) is 43.7 Å². The fourth-order valence-electron chi connectivity index (χ4n) is 8.96. The summed E-state index contributed by atoms with van der Waals surface area (Å²) in [5.74, 6) is -0.712. The molecule has 8 rings (SSSR count). The van der Waals surface area contributed by atoms with Gasteiger partial charge in [-0.05, 0) is 78.7 Å². The second-order valence-electron chi connectivity index (χ2n) is 16.2. The molecular weight excluding hydrogens is 733 g/mol. The highest BCUT2D eigenvalue weighted by atomic mass is 16.7. The molecule has 6 atom stereocenters. The van der Waals surface area contributed by atoms with Crippen LogP contribution >= 0.6 is 0 Å². The van der Waals surface area contributed by atoms with Crippen LogP contribution in [0.1, 0.15) is 79.2 Å². The molecule has 0 radical (unpaired) electrons. The lowest BCUT2D eigenvalue weighted by atomic mass is 9.89. The molecule has 4 aliphatic heterocycles. The molecule has 4 fully saturated rings. The van der Waals surface area contributed by atoms with Gasteiger partial charge in [-0.3, -0.25) is 19.4 Å². The van der Waals surface area contributed by atoms with Gasteiger partial charge in [-0.2, -0.15) is 0 Å². The summed E-state index contributed by atoms with van der Waals surface area (Å²) in [6, 6.07) is 32.7. The molecule has 2 N–H and O–H groups in total. The average molecular weight is 787 g/mol. The second-order valence-corrected chi connectivity index (χ2v) is 16.2. The van der Waals surface area contributed by atoms with Crippen LogP contribution in [0.5, 0.6) is 0 Å². The van der Waals surface area contributed by atoms with Crippen molar-refractivity contribution in [3.05, 3.63) is 131 Å². The van der Waals surface area contributed by atoms with Gasteiger partial charge in [0, 0.05) is 30.6 Å². The molecule has 4 saturated heterocycles. The standard InChI is InChI=1S/C47H54N4O7/c1-32-42(29-50-25-9-13-39(50)28-49-23-7-8-24-49)57-46(58-44(32)36-17-15-33(30-52)16-18-36)37-21-19-35(20-22-37)40-14-6-5-12-38(40)27-51-43(53)26-41(45(51)54)48-47(55)56-31-34-10-3-2-4-11-34/h2-6,10-12,14-22,32,39,41-42,44,46,52H,7-9,13,23-31H2,1H3,(H,48,55)/t32-,39-,41?,42+,44+,46+/m0/s1. The number of benzene rings is 4. The number of imide groups is 1. The lowest BCUT2D eigenvalue weighted by Gasteiger charge is -2.43. The first kappa shape index (κ1) is 39.9. The van der Waals surface area contributed by atoms with Crippen molar-refractivity contribution in [1.82, 2.24) is 20.0 Å². The fraction of sp³-hybridized carbons (Fsp3) is 0.426. The average Bonchev–Trinajstić information content (AvgIpc) is 4.00. The van der Waals surface area contributed by atoms with Crippen molar-refractivity contribution in [3.8, 4) is 11.1 Å². The topological polar surface area (TPSA) is 121 Å². The summed E-state index contributed by atoms with van der Waals surface area (Å²) < 4.78 is 19.0. The Bertz CT molecular complexity index is 2020. The van der Waals surface area contributed by atoms with Crippen molar-refractivity contribution in [2.75, 3.05) is 32.7 Å². The Kier molecular flexibility index (Phi) is 12.6. The zero-order chi connectivity index (χ0) is 40.0. The van der Waals surface area contributed by atoms with Crippen LogP contribution in [0, 0.1) is 5.92 Å². The van der Waals surface area contributed by atoms with Crippen molar-refractivity contribution in [1.29, 1.82) is 0 Å². The van der Waals surface area contributed by atoms with E-state index in [4.69, 9.17) is 14.2 Å². The Hall–Kier alpha value is -4.91. The zero-order valence-electron chi connectivity index (χ0n) is 33.2. The van der Waals surface area contributed by atoms with E-state index in [2.05, 4.69) is 34.2 Å². The third kappa shape index (κ3) is 9.19. The number of carbonyl (C=O) groups excluding carboxylic acids is 3. The summed E-state index contributed by atoms with van der Waals surface area (Å²) in [7, 11) is 0. The minimum absolute atomic E-state index is 0.00700. The quantitative estimate of drug-likeness (QED) is 0.142. The predicted molar refractivity (Wildman–Crippen MR) is 219 cm³/mol. The molecule has 11 nitrogen and oxygen atoms in total. The van der Waals surface area contributed by atoms with Gasteiger partial charge in [0.25, 0.3) is 5.91 Å². The summed E-state index contributed by atoms with van der Waals surface area (Å²) in [5.41, 5.74) is 6.29. The van der Waals surface area contributed by atoms with Gasteiger partial charge in [0.05, 0.1) is 31.8 Å². The molecule has 58 heavy (non-hydrogen) atoms. The minimum Gasteiger partial charge on any atom is -0.445 e. The molecule has 0 spiro atoms. The van der Waals surface area contributed by atoms with Crippen molar-refractivity contribution in [3.63, 3.8) is 0 Å². The van der Waals surface area contributed by atoms with Crippen LogP contribution in [0.4, 0.5) is 4.79 Å². The van der Waals surface area contributed by atoms with Gasteiger partial charge in [-0.1, -0.05) is 110 Å². The Balaban J connectivity index is 0.960. The fourth-order valence-corrected chi connectivity index (χ4v) is 8.96. The van der Waals surface area contributed by atoms with Crippen LogP contribution in [-0.4, -0.2) is 88.6 Å². The number of ether oxygens (including phenoxy) is 3. The molecule has 4 aliphatic rings. The van der Waals surface area contributed by atoms with Crippen LogP contribution in [0.15, 0.2) is 103 Å². The highest BCUT2D eigenvalue weighted by Gasteiger charge is 2.42. The summed E-state index contributed by atoms with van der Waals surface area (Å²) >= 11 is 0. The molecule has 0 aromatic heterocycles. The molecule has 11 heteroatoms. The van der Waals surface area contributed by atoms with E-state index >= 15 is 0 Å². The number of alkyl carbamates (subject to hydrolysis) is 1. The molecule has 4 aromatic carbocycles. The maximum atomic E-state index is 13.4. The van der Waals surface area contributed by atoms with Gasteiger partial charge in [0.15, 0.2) is 6.29 Å². The van der Waals surface area contributed by atoms with E-state index in [-0.39, 0.29) is 50.2 Å². The van der Waals surface area contributed by atoms with Gasteiger partial charge in [0.1, 0.15) is 12.6 Å². The maximum absolute atomic E-state index is 13.4. The lowest BCUT2D eigenvalue weighted by molar-refractivity contribution is -0.276. The molecule has 0 aliphatic carbocycles. The van der Waals surface area contributed by atoms with Gasteiger partial charge >= 0.3 is 6.09 Å². The Labute approximate surface area is 340 Å². The molecule has 3 amide bonds. The predicted octanol–water partition coefficient (Wildman–Crippen LogP) is 6.75. The van der Waals surface area contributed by atoms with Crippen molar-refractivity contribution in [2.45, 2.75) is 89.4 Å². The van der Waals surface area contributed by atoms with Gasteiger partial charge < -0.3 is 29.5 Å². The van der Waals surface area contributed by atoms with Gasteiger partial charge in [0.2, 0.25) is 5.91 Å². The highest BCUT2D eigenvalue weighted by Crippen LogP contribution is 2.43. The number of rotatable bonds is 13. The second kappa shape index (κ2) is 18.3. The minimum atomic E-state index is -0.984. The molecule has 304 valence electrons. The molecule has 0 bridgehead atoms. The maximum Gasteiger partial charge on any atom is 0.408 e.